The molecule has 0 unspecified atom stereocenters. The molecule has 0 saturated carbocycles. The quantitative estimate of drug-likeness (QED) is 0.498. The van der Waals surface area contributed by atoms with Crippen LogP contribution < -0.4 is 10.5 Å². The molecule has 4 rings (SSSR count). The highest BCUT2D eigenvalue weighted by Gasteiger charge is 2.17. The molecule has 0 saturated heterocycles. The lowest BCUT2D eigenvalue weighted by atomic mass is 9.96. The largest absolute Gasteiger partial charge is 0.482 e. The minimum atomic E-state index is -0.462. The van der Waals surface area contributed by atoms with Gasteiger partial charge in [0.05, 0.1) is 5.69 Å². The van der Waals surface area contributed by atoms with Crippen LogP contribution in [0.4, 0.5) is 14.6 Å². The Hall–Kier alpha value is -3.74. The van der Waals surface area contributed by atoms with Gasteiger partial charge in [-0.05, 0) is 54.4 Å². The molecule has 2 heterocycles. The molecule has 5 nitrogen and oxygen atoms in total. The summed E-state index contributed by atoms with van der Waals surface area (Å²) < 4.78 is 35.1. The highest BCUT2D eigenvalue weighted by molar-refractivity contribution is 5.68. The van der Waals surface area contributed by atoms with Crippen LogP contribution in [0.25, 0.3) is 22.4 Å². The summed E-state index contributed by atoms with van der Waals surface area (Å²) in [4.78, 5) is 4.24. The lowest BCUT2D eigenvalue weighted by molar-refractivity contribution is 0.228. The Morgan fingerprint density at radius 1 is 0.967 bits per heavy atom. The zero-order chi connectivity index (χ0) is 21.3. The molecule has 7 heteroatoms. The van der Waals surface area contributed by atoms with Crippen molar-refractivity contribution in [2.45, 2.75) is 13.0 Å². The first-order valence-electron chi connectivity index (χ1n) is 9.38. The van der Waals surface area contributed by atoms with Gasteiger partial charge in [-0.3, -0.25) is 4.68 Å². The zero-order valence-corrected chi connectivity index (χ0v) is 16.5. The van der Waals surface area contributed by atoms with Crippen molar-refractivity contribution in [2.75, 3.05) is 5.73 Å². The van der Waals surface area contributed by atoms with E-state index in [4.69, 9.17) is 10.5 Å². The van der Waals surface area contributed by atoms with E-state index < -0.39 is 6.10 Å². The normalized spacial score (nSPS) is 12.0. The molecular weight excluding hydrogens is 386 g/mol. The van der Waals surface area contributed by atoms with Crippen LogP contribution in [0.5, 0.6) is 5.75 Å². The fourth-order valence-corrected chi connectivity index (χ4v) is 3.36. The molecule has 152 valence electrons. The lowest BCUT2D eigenvalue weighted by Gasteiger charge is -2.20. The summed E-state index contributed by atoms with van der Waals surface area (Å²) in [6.45, 7) is 1.84. The van der Waals surface area contributed by atoms with Gasteiger partial charge in [-0.15, -0.1) is 0 Å². The van der Waals surface area contributed by atoms with Crippen LogP contribution in [0.15, 0.2) is 67.0 Å². The molecule has 0 aliphatic carbocycles. The molecule has 0 aliphatic rings. The van der Waals surface area contributed by atoms with Gasteiger partial charge < -0.3 is 10.5 Å². The van der Waals surface area contributed by atoms with Crippen LogP contribution in [-0.4, -0.2) is 14.8 Å². The number of hydrogen-bond acceptors (Lipinski definition) is 4. The molecule has 0 aliphatic heterocycles. The predicted octanol–water partition coefficient (Wildman–Crippen LogP) is 5.15. The van der Waals surface area contributed by atoms with Gasteiger partial charge in [0, 0.05) is 30.6 Å². The van der Waals surface area contributed by atoms with Gasteiger partial charge in [-0.1, -0.05) is 18.2 Å². The molecule has 0 fully saturated rings. The molecule has 2 aromatic carbocycles. The van der Waals surface area contributed by atoms with E-state index in [2.05, 4.69) is 10.1 Å². The summed E-state index contributed by atoms with van der Waals surface area (Å²) in [5, 5.41) is 4.17. The average molecular weight is 406 g/mol. The molecular formula is C23H20F2N4O. The Morgan fingerprint density at radius 2 is 1.70 bits per heavy atom. The maximum absolute atomic E-state index is 14.0. The maximum atomic E-state index is 14.0. The van der Waals surface area contributed by atoms with Gasteiger partial charge in [0.1, 0.15) is 17.7 Å². The topological polar surface area (TPSA) is 66.0 Å². The summed E-state index contributed by atoms with van der Waals surface area (Å²) in [6, 6.07) is 14.0. The van der Waals surface area contributed by atoms with Crippen molar-refractivity contribution in [2.24, 2.45) is 7.05 Å². The third-order valence-corrected chi connectivity index (χ3v) is 4.91. The number of pyridine rings is 1. The number of nitrogens with zero attached hydrogens (tertiary/aromatic N) is 3. The van der Waals surface area contributed by atoms with Crippen LogP contribution >= 0.6 is 0 Å². The van der Waals surface area contributed by atoms with Crippen molar-refractivity contribution < 1.29 is 13.5 Å². The maximum Gasteiger partial charge on any atom is 0.166 e. The van der Waals surface area contributed by atoms with Gasteiger partial charge >= 0.3 is 0 Å². The van der Waals surface area contributed by atoms with Crippen LogP contribution in [0.1, 0.15) is 18.6 Å². The first kappa shape index (κ1) is 19.6. The van der Waals surface area contributed by atoms with Crippen molar-refractivity contribution in [1.82, 2.24) is 14.8 Å². The summed E-state index contributed by atoms with van der Waals surface area (Å²) >= 11 is 0. The third kappa shape index (κ3) is 3.87. The van der Waals surface area contributed by atoms with Crippen molar-refractivity contribution >= 4 is 5.82 Å². The summed E-state index contributed by atoms with van der Waals surface area (Å²) in [6.07, 6.45) is 2.89. The van der Waals surface area contributed by atoms with Crippen LogP contribution in [0.2, 0.25) is 0 Å². The molecule has 0 amide bonds. The van der Waals surface area contributed by atoms with Crippen LogP contribution in [0, 0.1) is 11.6 Å². The van der Waals surface area contributed by atoms with E-state index in [0.29, 0.717) is 16.9 Å². The SMILES string of the molecule is C[C@@H](Oc1cc(-c2ccnn2C)cnc1N)c1ccc(F)cc1-c1ccc(F)cc1. The van der Waals surface area contributed by atoms with E-state index in [-0.39, 0.29) is 17.5 Å². The zero-order valence-electron chi connectivity index (χ0n) is 16.5. The first-order chi connectivity index (χ1) is 14.4. The first-order valence-corrected chi connectivity index (χ1v) is 9.38. The molecule has 4 aromatic rings. The van der Waals surface area contributed by atoms with Gasteiger partial charge in [-0.25, -0.2) is 13.8 Å². The number of hydrogen-bond donors (Lipinski definition) is 1. The third-order valence-electron chi connectivity index (χ3n) is 4.91. The molecule has 1 atom stereocenters. The highest BCUT2D eigenvalue weighted by atomic mass is 19.1. The lowest BCUT2D eigenvalue weighted by Crippen LogP contribution is -2.08. The van der Waals surface area contributed by atoms with Gasteiger partial charge in [0.25, 0.3) is 0 Å². The van der Waals surface area contributed by atoms with Crippen LogP contribution in [0.3, 0.4) is 0 Å². The van der Waals surface area contributed by atoms with Crippen molar-refractivity contribution in [3.8, 4) is 28.1 Å². The second-order valence-electron chi connectivity index (χ2n) is 6.95. The number of halogens is 2. The molecule has 30 heavy (non-hydrogen) atoms. The minimum absolute atomic E-state index is 0.248. The number of benzene rings is 2. The van der Waals surface area contributed by atoms with Gasteiger partial charge in [0.2, 0.25) is 0 Å². The van der Waals surface area contributed by atoms with Gasteiger partial charge in [0.15, 0.2) is 11.6 Å². The van der Waals surface area contributed by atoms with E-state index in [9.17, 15) is 8.78 Å². The second kappa shape index (κ2) is 7.94. The van der Waals surface area contributed by atoms with Crippen molar-refractivity contribution in [3.63, 3.8) is 0 Å². The Morgan fingerprint density at radius 3 is 2.40 bits per heavy atom. The Labute approximate surface area is 172 Å². The number of nitrogens with two attached hydrogens (primary N) is 1. The highest BCUT2D eigenvalue weighted by Crippen LogP contribution is 2.34. The summed E-state index contributed by atoms with van der Waals surface area (Å²) in [5.41, 5.74) is 9.77. The average Bonchev–Trinajstić information content (AvgIpc) is 3.16. The fourth-order valence-electron chi connectivity index (χ4n) is 3.36. The van der Waals surface area contributed by atoms with E-state index in [1.165, 1.54) is 24.3 Å². The second-order valence-corrected chi connectivity index (χ2v) is 6.95. The summed E-state index contributed by atoms with van der Waals surface area (Å²) in [5.74, 6) is -0.0784. The minimum Gasteiger partial charge on any atom is -0.482 e. The van der Waals surface area contributed by atoms with E-state index in [1.54, 1.807) is 41.3 Å². The number of ether oxygens (including phenoxy) is 1. The Kier molecular flexibility index (Phi) is 5.18. The van der Waals surface area contributed by atoms with Crippen molar-refractivity contribution in [1.29, 1.82) is 0 Å². The number of anilines is 1. The molecule has 0 bridgehead atoms. The van der Waals surface area contributed by atoms with E-state index in [0.717, 1.165) is 16.8 Å². The molecule has 2 N–H and O–H groups in total. The predicted molar refractivity (Wildman–Crippen MR) is 112 cm³/mol. The van der Waals surface area contributed by atoms with Crippen LogP contribution in [-0.2, 0) is 7.05 Å². The molecule has 0 spiro atoms. The number of nitrogen functional groups attached to an aromatic ring is 1. The van der Waals surface area contributed by atoms with Gasteiger partial charge in [-0.2, -0.15) is 5.10 Å². The monoisotopic (exact) mass is 406 g/mol. The smallest absolute Gasteiger partial charge is 0.166 e. The number of aryl methyl sites for hydroxylation is 1. The number of aromatic nitrogens is 3. The van der Waals surface area contributed by atoms with Crippen molar-refractivity contribution in [3.05, 3.63) is 84.2 Å². The molecule has 2 aromatic heterocycles. The Balaban J connectivity index is 1.69. The Bertz CT molecular complexity index is 1190. The molecule has 0 radical (unpaired) electrons. The standard InChI is InChI=1S/C23H20F2N4O/c1-14(19-8-7-18(25)12-20(19)15-3-5-17(24)6-4-15)30-22-11-16(13-27-23(22)26)21-9-10-28-29(21)2/h3-14H,1-2H3,(H2,26,27)/t14-/m1/s1. The van der Waals surface area contributed by atoms with E-state index in [1.807, 2.05) is 20.0 Å². The van der Waals surface area contributed by atoms with E-state index >= 15 is 0 Å². The fraction of sp³-hybridized carbons (Fsp3) is 0.130. The number of rotatable bonds is 5. The summed E-state index contributed by atoms with van der Waals surface area (Å²) in [7, 11) is 1.84.